The molecule has 0 unspecified atom stereocenters. The van der Waals surface area contributed by atoms with E-state index in [1.54, 1.807) is 6.07 Å². The van der Waals surface area contributed by atoms with Gasteiger partial charge in [-0.05, 0) is 28.0 Å². The van der Waals surface area contributed by atoms with Gasteiger partial charge in [-0.25, -0.2) is 0 Å². The van der Waals surface area contributed by atoms with Gasteiger partial charge < -0.3 is 5.73 Å². The van der Waals surface area contributed by atoms with Crippen molar-refractivity contribution in [2.75, 3.05) is 5.73 Å². The number of benzene rings is 3. The van der Waals surface area contributed by atoms with Gasteiger partial charge in [-0.1, -0.05) is 54.6 Å². The third-order valence-corrected chi connectivity index (χ3v) is 3.55. The number of nitrogens with zero attached hydrogens (tertiary/aromatic N) is 1. The minimum atomic E-state index is -0.450. The predicted molar refractivity (Wildman–Crippen MR) is 90.4 cm³/mol. The average molecular weight is 290 g/mol. The Kier molecular flexibility index (Phi) is 3.58. The number of nitro groups is 1. The van der Waals surface area contributed by atoms with E-state index in [1.165, 1.54) is 17.5 Å². The normalized spacial score (nSPS) is 11.1. The SMILES string of the molecule is Nc1cc([N+](=O)[O-])ccc1/C=C/c1cccc2ccccc12. The van der Waals surface area contributed by atoms with Crippen molar-refractivity contribution in [2.24, 2.45) is 0 Å². The Hall–Kier alpha value is -3.14. The number of rotatable bonds is 3. The predicted octanol–water partition coefficient (Wildman–Crippen LogP) is 4.50. The van der Waals surface area contributed by atoms with Gasteiger partial charge in [-0.3, -0.25) is 10.1 Å². The summed E-state index contributed by atoms with van der Waals surface area (Å²) in [5.74, 6) is 0. The molecule has 0 heterocycles. The van der Waals surface area contributed by atoms with Crippen LogP contribution < -0.4 is 5.73 Å². The molecule has 3 aromatic carbocycles. The largest absolute Gasteiger partial charge is 0.398 e. The van der Waals surface area contributed by atoms with E-state index in [4.69, 9.17) is 5.73 Å². The topological polar surface area (TPSA) is 69.2 Å². The van der Waals surface area contributed by atoms with Gasteiger partial charge >= 0.3 is 0 Å². The monoisotopic (exact) mass is 290 g/mol. The lowest BCUT2D eigenvalue weighted by atomic mass is 10.0. The summed E-state index contributed by atoms with van der Waals surface area (Å²) in [5, 5.41) is 13.0. The van der Waals surface area contributed by atoms with E-state index in [-0.39, 0.29) is 5.69 Å². The van der Waals surface area contributed by atoms with Gasteiger partial charge in [0.2, 0.25) is 0 Å². The number of hydrogen-bond acceptors (Lipinski definition) is 3. The van der Waals surface area contributed by atoms with Crippen molar-refractivity contribution < 1.29 is 4.92 Å². The van der Waals surface area contributed by atoms with Crippen molar-refractivity contribution in [3.63, 3.8) is 0 Å². The zero-order valence-corrected chi connectivity index (χ0v) is 11.8. The molecular weight excluding hydrogens is 276 g/mol. The van der Waals surface area contributed by atoms with Crippen LogP contribution in [0.5, 0.6) is 0 Å². The van der Waals surface area contributed by atoms with E-state index in [0.717, 1.165) is 16.5 Å². The summed E-state index contributed by atoms with van der Waals surface area (Å²) >= 11 is 0. The van der Waals surface area contributed by atoms with Crippen molar-refractivity contribution in [1.82, 2.24) is 0 Å². The average Bonchev–Trinajstić information content (AvgIpc) is 2.53. The maximum Gasteiger partial charge on any atom is 0.271 e. The Bertz CT molecular complexity index is 880. The molecule has 3 aromatic rings. The summed E-state index contributed by atoms with van der Waals surface area (Å²) in [7, 11) is 0. The lowest BCUT2D eigenvalue weighted by Crippen LogP contribution is -1.93. The Morgan fingerprint density at radius 3 is 2.41 bits per heavy atom. The summed E-state index contributed by atoms with van der Waals surface area (Å²) in [6.45, 7) is 0. The molecule has 0 saturated carbocycles. The molecular formula is C18H14N2O2. The summed E-state index contributed by atoms with van der Waals surface area (Å²) in [5.41, 5.74) is 8.12. The zero-order valence-electron chi connectivity index (χ0n) is 11.8. The molecule has 0 radical (unpaired) electrons. The van der Waals surface area contributed by atoms with Crippen LogP contribution in [0.3, 0.4) is 0 Å². The number of nitrogens with two attached hydrogens (primary N) is 1. The lowest BCUT2D eigenvalue weighted by Gasteiger charge is -2.03. The van der Waals surface area contributed by atoms with Crippen molar-refractivity contribution in [1.29, 1.82) is 0 Å². The molecule has 108 valence electrons. The second-order valence-corrected chi connectivity index (χ2v) is 4.97. The first kappa shape index (κ1) is 13.8. The Morgan fingerprint density at radius 2 is 1.64 bits per heavy atom. The van der Waals surface area contributed by atoms with Crippen molar-refractivity contribution in [3.8, 4) is 0 Å². The third-order valence-electron chi connectivity index (χ3n) is 3.55. The van der Waals surface area contributed by atoms with E-state index in [9.17, 15) is 10.1 Å². The fraction of sp³-hybridized carbons (Fsp3) is 0. The highest BCUT2D eigenvalue weighted by Crippen LogP contribution is 2.24. The molecule has 4 nitrogen and oxygen atoms in total. The molecule has 22 heavy (non-hydrogen) atoms. The standard InChI is InChI=1S/C18H14N2O2/c19-18-12-16(20(21)22)11-10-15(18)9-8-14-6-3-5-13-4-1-2-7-17(13)14/h1-12H,19H2/b9-8+. The zero-order chi connectivity index (χ0) is 15.5. The first-order valence-electron chi connectivity index (χ1n) is 6.85. The fourth-order valence-corrected chi connectivity index (χ4v) is 2.40. The fourth-order valence-electron chi connectivity index (χ4n) is 2.40. The maximum absolute atomic E-state index is 10.7. The van der Waals surface area contributed by atoms with Crippen LogP contribution in [-0.2, 0) is 0 Å². The quantitative estimate of drug-likeness (QED) is 0.334. The van der Waals surface area contributed by atoms with Crippen LogP contribution in [0.4, 0.5) is 11.4 Å². The molecule has 0 aliphatic rings. The molecule has 0 aromatic heterocycles. The van der Waals surface area contributed by atoms with Gasteiger partial charge in [0, 0.05) is 17.8 Å². The maximum atomic E-state index is 10.7. The van der Waals surface area contributed by atoms with E-state index < -0.39 is 4.92 Å². The highest BCUT2D eigenvalue weighted by molar-refractivity contribution is 5.93. The van der Waals surface area contributed by atoms with Gasteiger partial charge in [0.1, 0.15) is 0 Å². The molecule has 3 rings (SSSR count). The van der Waals surface area contributed by atoms with Crippen molar-refractivity contribution >= 4 is 34.3 Å². The van der Waals surface area contributed by atoms with E-state index in [2.05, 4.69) is 18.2 Å². The second kappa shape index (κ2) is 5.69. The number of nitro benzene ring substituents is 1. The summed E-state index contributed by atoms with van der Waals surface area (Å²) < 4.78 is 0. The smallest absolute Gasteiger partial charge is 0.271 e. The highest BCUT2D eigenvalue weighted by Gasteiger charge is 2.07. The van der Waals surface area contributed by atoms with E-state index in [0.29, 0.717) is 5.69 Å². The first-order chi connectivity index (χ1) is 10.6. The summed E-state index contributed by atoms with van der Waals surface area (Å²) in [4.78, 5) is 10.3. The molecule has 0 aliphatic carbocycles. The van der Waals surface area contributed by atoms with Gasteiger partial charge in [-0.2, -0.15) is 0 Å². The van der Waals surface area contributed by atoms with Gasteiger partial charge in [0.15, 0.2) is 0 Å². The Labute approximate surface area is 127 Å². The van der Waals surface area contributed by atoms with Gasteiger partial charge in [0.25, 0.3) is 5.69 Å². The van der Waals surface area contributed by atoms with Crippen LogP contribution in [-0.4, -0.2) is 4.92 Å². The van der Waals surface area contributed by atoms with Crippen LogP contribution in [0.2, 0.25) is 0 Å². The van der Waals surface area contributed by atoms with Crippen LogP contribution in [0.1, 0.15) is 11.1 Å². The highest BCUT2D eigenvalue weighted by atomic mass is 16.6. The molecule has 2 N–H and O–H groups in total. The van der Waals surface area contributed by atoms with E-state index in [1.807, 2.05) is 36.4 Å². The Balaban J connectivity index is 1.98. The first-order valence-corrected chi connectivity index (χ1v) is 6.85. The Morgan fingerprint density at radius 1 is 0.909 bits per heavy atom. The molecule has 0 atom stereocenters. The molecule has 0 fully saturated rings. The van der Waals surface area contributed by atoms with Crippen molar-refractivity contribution in [2.45, 2.75) is 0 Å². The molecule has 0 saturated heterocycles. The lowest BCUT2D eigenvalue weighted by molar-refractivity contribution is -0.384. The summed E-state index contributed by atoms with van der Waals surface area (Å²) in [6, 6.07) is 18.7. The molecule has 0 amide bonds. The van der Waals surface area contributed by atoms with Gasteiger partial charge in [-0.15, -0.1) is 0 Å². The molecule has 0 bridgehead atoms. The second-order valence-electron chi connectivity index (χ2n) is 4.97. The van der Waals surface area contributed by atoms with E-state index >= 15 is 0 Å². The van der Waals surface area contributed by atoms with Crippen molar-refractivity contribution in [3.05, 3.63) is 81.9 Å². The number of nitrogen functional groups attached to an aromatic ring is 1. The van der Waals surface area contributed by atoms with Crippen LogP contribution >= 0.6 is 0 Å². The number of hydrogen-bond donors (Lipinski definition) is 1. The van der Waals surface area contributed by atoms with Crippen LogP contribution in [0.15, 0.2) is 60.7 Å². The summed E-state index contributed by atoms with van der Waals surface area (Å²) in [6.07, 6.45) is 3.85. The third kappa shape index (κ3) is 2.67. The molecule has 0 spiro atoms. The van der Waals surface area contributed by atoms with Crippen LogP contribution in [0.25, 0.3) is 22.9 Å². The minimum absolute atomic E-state index is 0.000175. The molecule has 0 aliphatic heterocycles. The molecule has 4 heteroatoms. The number of anilines is 1. The number of non-ortho nitro benzene ring substituents is 1. The minimum Gasteiger partial charge on any atom is -0.398 e. The van der Waals surface area contributed by atoms with Crippen LogP contribution in [0, 0.1) is 10.1 Å². The number of fused-ring (bicyclic) bond motifs is 1. The van der Waals surface area contributed by atoms with Gasteiger partial charge in [0.05, 0.1) is 4.92 Å².